The van der Waals surface area contributed by atoms with Crippen LogP contribution >= 0.6 is 11.3 Å². The van der Waals surface area contributed by atoms with E-state index >= 15 is 0 Å². The number of hydrogen-bond acceptors (Lipinski definition) is 6. The van der Waals surface area contributed by atoms with Crippen molar-refractivity contribution in [3.63, 3.8) is 0 Å². The summed E-state index contributed by atoms with van der Waals surface area (Å²) in [5.41, 5.74) is 1.72. The highest BCUT2D eigenvalue weighted by molar-refractivity contribution is 7.19. The van der Waals surface area contributed by atoms with Gasteiger partial charge in [-0.15, -0.1) is 10.2 Å². The lowest BCUT2D eigenvalue weighted by Crippen LogP contribution is -1.91. The van der Waals surface area contributed by atoms with E-state index in [-0.39, 0.29) is 0 Å². The molecule has 0 fully saturated rings. The van der Waals surface area contributed by atoms with E-state index in [1.54, 1.807) is 23.1 Å². The summed E-state index contributed by atoms with van der Waals surface area (Å²) in [7, 11) is 0. The molecule has 0 saturated carbocycles. The summed E-state index contributed by atoms with van der Waals surface area (Å²) in [6, 6.07) is 9.54. The zero-order chi connectivity index (χ0) is 13.4. The van der Waals surface area contributed by atoms with Gasteiger partial charge in [0.15, 0.2) is 10.8 Å². The Morgan fingerprint density at radius 1 is 1.00 bits per heavy atom. The number of hydrogen-bond donors (Lipinski definition) is 0. The van der Waals surface area contributed by atoms with Crippen LogP contribution in [-0.2, 0) is 0 Å². The quantitative estimate of drug-likeness (QED) is 0.563. The first-order valence-electron chi connectivity index (χ1n) is 5.96. The van der Waals surface area contributed by atoms with Crippen LogP contribution < -0.4 is 0 Å². The molecular formula is C13H8N6S. The number of aromatic nitrogens is 6. The SMILES string of the molecule is c1ccc(-c2nn3c(-c4cccnc4)nnc3s2)nc1. The van der Waals surface area contributed by atoms with Gasteiger partial charge in [-0.05, 0) is 24.3 Å². The molecule has 20 heavy (non-hydrogen) atoms. The van der Waals surface area contributed by atoms with Gasteiger partial charge in [-0.3, -0.25) is 9.97 Å². The smallest absolute Gasteiger partial charge is 0.235 e. The molecule has 4 heterocycles. The first kappa shape index (κ1) is 11.2. The molecule has 4 aromatic rings. The van der Waals surface area contributed by atoms with Crippen LogP contribution in [0.3, 0.4) is 0 Å². The third-order valence-corrected chi connectivity index (χ3v) is 3.72. The van der Waals surface area contributed by atoms with E-state index in [1.165, 1.54) is 11.3 Å². The van der Waals surface area contributed by atoms with Crippen LogP contribution in [0.2, 0.25) is 0 Å². The van der Waals surface area contributed by atoms with Crippen LogP contribution in [0.15, 0.2) is 48.9 Å². The summed E-state index contributed by atoms with van der Waals surface area (Å²) >= 11 is 1.46. The lowest BCUT2D eigenvalue weighted by atomic mass is 10.3. The first-order chi connectivity index (χ1) is 9.92. The molecule has 7 heteroatoms. The summed E-state index contributed by atoms with van der Waals surface area (Å²) in [6.07, 6.45) is 5.22. The predicted octanol–water partition coefficient (Wildman–Crippen LogP) is 2.31. The van der Waals surface area contributed by atoms with E-state index in [9.17, 15) is 0 Å². The molecule has 0 aromatic carbocycles. The van der Waals surface area contributed by atoms with E-state index in [0.29, 0.717) is 5.82 Å². The van der Waals surface area contributed by atoms with Crippen molar-refractivity contribution in [1.29, 1.82) is 0 Å². The van der Waals surface area contributed by atoms with Crippen molar-refractivity contribution in [1.82, 2.24) is 29.8 Å². The monoisotopic (exact) mass is 280 g/mol. The molecule has 0 N–H and O–H groups in total. The second-order valence-electron chi connectivity index (χ2n) is 4.08. The minimum atomic E-state index is 0.687. The summed E-state index contributed by atoms with van der Waals surface area (Å²) in [5.74, 6) is 0.687. The minimum Gasteiger partial charge on any atom is -0.264 e. The van der Waals surface area contributed by atoms with Gasteiger partial charge in [0.25, 0.3) is 0 Å². The summed E-state index contributed by atoms with van der Waals surface area (Å²) in [5, 5.41) is 13.7. The molecule has 6 nitrogen and oxygen atoms in total. The summed E-state index contributed by atoms with van der Waals surface area (Å²) < 4.78 is 1.73. The van der Waals surface area contributed by atoms with Gasteiger partial charge in [0.2, 0.25) is 4.96 Å². The van der Waals surface area contributed by atoms with Gasteiger partial charge in [0.1, 0.15) is 5.69 Å². The van der Waals surface area contributed by atoms with Gasteiger partial charge in [-0.25, -0.2) is 0 Å². The minimum absolute atomic E-state index is 0.687. The number of nitrogens with zero attached hydrogens (tertiary/aromatic N) is 6. The first-order valence-corrected chi connectivity index (χ1v) is 6.77. The number of fused-ring (bicyclic) bond motifs is 1. The molecule has 0 bridgehead atoms. The molecule has 0 aliphatic carbocycles. The van der Waals surface area contributed by atoms with Crippen molar-refractivity contribution in [3.8, 4) is 22.1 Å². The molecule has 0 aliphatic heterocycles. The molecule has 0 amide bonds. The van der Waals surface area contributed by atoms with Gasteiger partial charge in [0.05, 0.1) is 0 Å². The fraction of sp³-hybridized carbons (Fsp3) is 0. The lowest BCUT2D eigenvalue weighted by molar-refractivity contribution is 0.965. The molecule has 4 rings (SSSR count). The van der Waals surface area contributed by atoms with Crippen molar-refractivity contribution in [3.05, 3.63) is 48.9 Å². The number of rotatable bonds is 2. The Morgan fingerprint density at radius 3 is 2.80 bits per heavy atom. The van der Waals surface area contributed by atoms with E-state index < -0.39 is 0 Å². The standard InChI is InChI=1S/C13H8N6S/c1-2-7-15-10(5-1)12-18-19-11(16-17-13(19)20-12)9-4-3-6-14-8-9/h1-8H. The predicted molar refractivity (Wildman–Crippen MR) is 75.1 cm³/mol. The lowest BCUT2D eigenvalue weighted by Gasteiger charge is -1.95. The largest absolute Gasteiger partial charge is 0.264 e. The van der Waals surface area contributed by atoms with Crippen LogP contribution in [0.25, 0.3) is 27.1 Å². The van der Waals surface area contributed by atoms with Crippen molar-refractivity contribution in [2.45, 2.75) is 0 Å². The molecule has 0 atom stereocenters. The van der Waals surface area contributed by atoms with Crippen molar-refractivity contribution >= 4 is 16.3 Å². The maximum atomic E-state index is 4.54. The van der Waals surface area contributed by atoms with Crippen LogP contribution in [0.1, 0.15) is 0 Å². The topological polar surface area (TPSA) is 68.9 Å². The third-order valence-electron chi connectivity index (χ3n) is 2.79. The Morgan fingerprint density at radius 2 is 2.00 bits per heavy atom. The molecule has 0 saturated heterocycles. The number of pyridine rings is 2. The zero-order valence-corrected chi connectivity index (χ0v) is 11.0. The van der Waals surface area contributed by atoms with Gasteiger partial charge >= 0.3 is 0 Å². The molecular weight excluding hydrogens is 272 g/mol. The van der Waals surface area contributed by atoms with Gasteiger partial charge in [0, 0.05) is 24.2 Å². The Balaban J connectivity index is 1.88. The van der Waals surface area contributed by atoms with Crippen molar-refractivity contribution < 1.29 is 0 Å². The van der Waals surface area contributed by atoms with E-state index in [0.717, 1.165) is 21.2 Å². The Hall–Kier alpha value is -2.67. The average Bonchev–Trinajstić information content (AvgIpc) is 3.09. The Kier molecular flexibility index (Phi) is 2.49. The Bertz CT molecular complexity index is 852. The zero-order valence-electron chi connectivity index (χ0n) is 10.2. The van der Waals surface area contributed by atoms with Gasteiger partial charge in [-0.2, -0.15) is 9.61 Å². The molecule has 0 unspecified atom stereocenters. The normalized spacial score (nSPS) is 11.0. The maximum Gasteiger partial charge on any atom is 0.235 e. The second kappa shape index (κ2) is 4.46. The fourth-order valence-electron chi connectivity index (χ4n) is 1.88. The molecule has 4 aromatic heterocycles. The van der Waals surface area contributed by atoms with Gasteiger partial charge < -0.3 is 0 Å². The average molecular weight is 280 g/mol. The van der Waals surface area contributed by atoms with Gasteiger partial charge in [-0.1, -0.05) is 17.4 Å². The highest BCUT2D eigenvalue weighted by Gasteiger charge is 2.14. The van der Waals surface area contributed by atoms with Crippen molar-refractivity contribution in [2.75, 3.05) is 0 Å². The van der Waals surface area contributed by atoms with Crippen LogP contribution in [0.4, 0.5) is 0 Å². The van der Waals surface area contributed by atoms with E-state index in [1.807, 2.05) is 30.3 Å². The third kappa shape index (κ3) is 1.76. The van der Waals surface area contributed by atoms with E-state index in [4.69, 9.17) is 0 Å². The van der Waals surface area contributed by atoms with Crippen LogP contribution in [-0.4, -0.2) is 29.8 Å². The van der Waals surface area contributed by atoms with Crippen LogP contribution in [0.5, 0.6) is 0 Å². The van der Waals surface area contributed by atoms with Crippen molar-refractivity contribution in [2.24, 2.45) is 0 Å². The molecule has 0 radical (unpaired) electrons. The Labute approximate surface area is 117 Å². The maximum absolute atomic E-state index is 4.54. The van der Waals surface area contributed by atoms with E-state index in [2.05, 4.69) is 25.3 Å². The summed E-state index contributed by atoms with van der Waals surface area (Å²) in [6.45, 7) is 0. The highest BCUT2D eigenvalue weighted by Crippen LogP contribution is 2.26. The second-order valence-corrected chi connectivity index (χ2v) is 5.04. The van der Waals surface area contributed by atoms with Crippen LogP contribution in [0, 0.1) is 0 Å². The highest BCUT2D eigenvalue weighted by atomic mass is 32.1. The summed E-state index contributed by atoms with van der Waals surface area (Å²) in [4.78, 5) is 9.14. The fourth-order valence-corrected chi connectivity index (χ4v) is 2.70. The molecule has 0 spiro atoms. The molecule has 96 valence electrons. The molecule has 0 aliphatic rings.